The number of ether oxygens (including phenoxy) is 2. The van der Waals surface area contributed by atoms with Crippen LogP contribution in [0.1, 0.15) is 19.3 Å². The largest absolute Gasteiger partial charge is 0.381 e. The fraction of sp³-hybridized carbons (Fsp3) is 1.00. The van der Waals surface area contributed by atoms with Gasteiger partial charge in [-0.2, -0.15) is 0 Å². The van der Waals surface area contributed by atoms with Crippen molar-refractivity contribution in [2.24, 2.45) is 5.92 Å². The third-order valence-electron chi connectivity index (χ3n) is 2.44. The van der Waals surface area contributed by atoms with Gasteiger partial charge in [0.1, 0.15) is 0 Å². The molecule has 2 unspecified atom stereocenters. The third-order valence-corrected chi connectivity index (χ3v) is 2.44. The van der Waals surface area contributed by atoms with E-state index in [4.69, 9.17) is 9.47 Å². The maximum Gasteiger partial charge on any atom is 0.0625 e. The summed E-state index contributed by atoms with van der Waals surface area (Å²) < 4.78 is 11.0. The van der Waals surface area contributed by atoms with Crippen LogP contribution in [0.2, 0.25) is 0 Å². The molecule has 0 aromatic rings. The van der Waals surface area contributed by atoms with Crippen molar-refractivity contribution in [1.29, 1.82) is 0 Å². The minimum atomic E-state index is 0.542. The molecule has 0 radical (unpaired) electrons. The SMILES string of the molecule is C1COCC2CCC2OC1. The van der Waals surface area contributed by atoms with Gasteiger partial charge in [-0.05, 0) is 19.3 Å². The highest BCUT2D eigenvalue weighted by atomic mass is 16.5. The van der Waals surface area contributed by atoms with Gasteiger partial charge in [0.2, 0.25) is 0 Å². The summed E-state index contributed by atoms with van der Waals surface area (Å²) >= 11 is 0. The predicted octanol–water partition coefficient (Wildman–Crippen LogP) is 1.20. The van der Waals surface area contributed by atoms with Crippen molar-refractivity contribution in [1.82, 2.24) is 0 Å². The number of rotatable bonds is 0. The lowest BCUT2D eigenvalue weighted by molar-refractivity contribution is -0.101. The summed E-state index contributed by atoms with van der Waals surface area (Å²) in [4.78, 5) is 0. The Bertz CT molecular complexity index is 99.8. The van der Waals surface area contributed by atoms with E-state index in [1.54, 1.807) is 0 Å². The van der Waals surface area contributed by atoms with Gasteiger partial charge in [-0.3, -0.25) is 0 Å². The maximum absolute atomic E-state index is 5.60. The highest BCUT2D eigenvalue weighted by Gasteiger charge is 2.32. The second-order valence-corrected chi connectivity index (χ2v) is 3.18. The van der Waals surface area contributed by atoms with Crippen LogP contribution in [0.5, 0.6) is 0 Å². The van der Waals surface area contributed by atoms with Crippen LogP contribution in [-0.2, 0) is 9.47 Å². The minimum Gasteiger partial charge on any atom is -0.381 e. The monoisotopic (exact) mass is 142 g/mol. The van der Waals surface area contributed by atoms with Crippen molar-refractivity contribution in [3.63, 3.8) is 0 Å². The molecule has 0 aromatic heterocycles. The molecule has 1 aliphatic carbocycles. The normalized spacial score (nSPS) is 40.8. The van der Waals surface area contributed by atoms with Gasteiger partial charge in [-0.1, -0.05) is 0 Å². The third kappa shape index (κ3) is 1.18. The Balaban J connectivity index is 1.83. The predicted molar refractivity (Wildman–Crippen MR) is 37.9 cm³/mol. The van der Waals surface area contributed by atoms with Gasteiger partial charge in [-0.15, -0.1) is 0 Å². The van der Waals surface area contributed by atoms with Crippen molar-refractivity contribution in [3.05, 3.63) is 0 Å². The minimum absolute atomic E-state index is 0.542. The molecule has 1 saturated heterocycles. The first kappa shape index (κ1) is 6.62. The standard InChI is InChI=1S/C8H14O2/c1-4-9-6-7-2-3-8(7)10-5-1/h7-8H,1-6H2. The molecule has 2 fully saturated rings. The Morgan fingerprint density at radius 3 is 2.90 bits per heavy atom. The average molecular weight is 142 g/mol. The summed E-state index contributed by atoms with van der Waals surface area (Å²) in [6, 6.07) is 0. The van der Waals surface area contributed by atoms with Crippen LogP contribution in [0.15, 0.2) is 0 Å². The summed E-state index contributed by atoms with van der Waals surface area (Å²) in [5, 5.41) is 0. The summed E-state index contributed by atoms with van der Waals surface area (Å²) in [6.45, 7) is 2.73. The van der Waals surface area contributed by atoms with E-state index >= 15 is 0 Å². The zero-order valence-electron chi connectivity index (χ0n) is 6.21. The van der Waals surface area contributed by atoms with Crippen molar-refractivity contribution in [3.8, 4) is 0 Å². The van der Waals surface area contributed by atoms with E-state index in [0.717, 1.165) is 32.2 Å². The molecule has 1 saturated carbocycles. The first-order chi connectivity index (χ1) is 4.97. The van der Waals surface area contributed by atoms with E-state index < -0.39 is 0 Å². The van der Waals surface area contributed by atoms with Crippen LogP contribution >= 0.6 is 0 Å². The molecule has 2 rings (SSSR count). The zero-order chi connectivity index (χ0) is 6.81. The van der Waals surface area contributed by atoms with Crippen LogP contribution in [0.4, 0.5) is 0 Å². The van der Waals surface area contributed by atoms with E-state index in [1.807, 2.05) is 0 Å². The molecule has 0 amide bonds. The fourth-order valence-corrected chi connectivity index (χ4v) is 1.58. The van der Waals surface area contributed by atoms with Crippen LogP contribution in [0.25, 0.3) is 0 Å². The molecule has 2 aliphatic rings. The lowest BCUT2D eigenvalue weighted by Crippen LogP contribution is -2.39. The first-order valence-electron chi connectivity index (χ1n) is 4.16. The highest BCUT2D eigenvalue weighted by Crippen LogP contribution is 2.31. The molecule has 0 spiro atoms. The van der Waals surface area contributed by atoms with Crippen LogP contribution in [-0.4, -0.2) is 25.9 Å². The number of hydrogen-bond acceptors (Lipinski definition) is 2. The van der Waals surface area contributed by atoms with E-state index in [0.29, 0.717) is 6.10 Å². The van der Waals surface area contributed by atoms with Crippen LogP contribution in [0.3, 0.4) is 0 Å². The Morgan fingerprint density at radius 2 is 2.10 bits per heavy atom. The van der Waals surface area contributed by atoms with Crippen LogP contribution in [0, 0.1) is 5.92 Å². The smallest absolute Gasteiger partial charge is 0.0625 e. The summed E-state index contributed by atoms with van der Waals surface area (Å²) in [5.41, 5.74) is 0. The Morgan fingerprint density at radius 1 is 1.10 bits per heavy atom. The number of fused-ring (bicyclic) bond motifs is 1. The maximum atomic E-state index is 5.60. The van der Waals surface area contributed by atoms with Gasteiger partial charge >= 0.3 is 0 Å². The lowest BCUT2D eigenvalue weighted by atomic mass is 9.82. The molecule has 10 heavy (non-hydrogen) atoms. The first-order valence-corrected chi connectivity index (χ1v) is 4.16. The Labute approximate surface area is 61.5 Å². The second-order valence-electron chi connectivity index (χ2n) is 3.18. The molecule has 2 atom stereocenters. The molecule has 0 aromatic carbocycles. The van der Waals surface area contributed by atoms with Crippen molar-refractivity contribution in [2.75, 3.05) is 19.8 Å². The molecule has 0 bridgehead atoms. The van der Waals surface area contributed by atoms with Gasteiger partial charge in [0.05, 0.1) is 12.7 Å². The van der Waals surface area contributed by atoms with Gasteiger partial charge in [0.25, 0.3) is 0 Å². The van der Waals surface area contributed by atoms with Crippen molar-refractivity contribution in [2.45, 2.75) is 25.4 Å². The molecule has 1 heterocycles. The topological polar surface area (TPSA) is 18.5 Å². The van der Waals surface area contributed by atoms with Crippen LogP contribution < -0.4 is 0 Å². The molecular formula is C8H14O2. The molecule has 0 N–H and O–H groups in total. The average Bonchev–Trinajstić information content (AvgIpc) is 1.89. The molecule has 58 valence electrons. The zero-order valence-corrected chi connectivity index (χ0v) is 6.21. The fourth-order valence-electron chi connectivity index (χ4n) is 1.58. The Hall–Kier alpha value is -0.0800. The summed E-state index contributed by atoms with van der Waals surface area (Å²) in [5.74, 6) is 0.722. The molecule has 2 heteroatoms. The quantitative estimate of drug-likeness (QED) is 0.506. The van der Waals surface area contributed by atoms with E-state index in [2.05, 4.69) is 0 Å². The van der Waals surface area contributed by atoms with Gasteiger partial charge in [0.15, 0.2) is 0 Å². The number of hydrogen-bond donors (Lipinski definition) is 0. The summed E-state index contributed by atoms with van der Waals surface area (Å²) in [7, 11) is 0. The molecular weight excluding hydrogens is 128 g/mol. The van der Waals surface area contributed by atoms with E-state index in [-0.39, 0.29) is 0 Å². The summed E-state index contributed by atoms with van der Waals surface area (Å²) in [6.07, 6.45) is 4.18. The van der Waals surface area contributed by atoms with E-state index in [1.165, 1.54) is 12.8 Å². The highest BCUT2D eigenvalue weighted by molar-refractivity contribution is 4.81. The van der Waals surface area contributed by atoms with Gasteiger partial charge < -0.3 is 9.47 Å². The molecule has 1 aliphatic heterocycles. The van der Waals surface area contributed by atoms with Gasteiger partial charge in [-0.25, -0.2) is 0 Å². The van der Waals surface area contributed by atoms with Crippen molar-refractivity contribution >= 4 is 0 Å². The second kappa shape index (κ2) is 2.89. The van der Waals surface area contributed by atoms with E-state index in [9.17, 15) is 0 Å². The Kier molecular flexibility index (Phi) is 1.91. The van der Waals surface area contributed by atoms with Crippen molar-refractivity contribution < 1.29 is 9.47 Å². The molecule has 2 nitrogen and oxygen atoms in total. The van der Waals surface area contributed by atoms with Gasteiger partial charge in [0, 0.05) is 19.1 Å². The lowest BCUT2D eigenvalue weighted by Gasteiger charge is -2.37.